The van der Waals surface area contributed by atoms with Gasteiger partial charge in [-0.05, 0) is 38.7 Å². The Balaban J connectivity index is 2.11. The fourth-order valence-electron chi connectivity index (χ4n) is 2.56. The van der Waals surface area contributed by atoms with Crippen molar-refractivity contribution in [1.29, 1.82) is 0 Å². The van der Waals surface area contributed by atoms with Gasteiger partial charge in [-0.1, -0.05) is 19.0 Å². The highest BCUT2D eigenvalue weighted by molar-refractivity contribution is 6.07. The maximum absolute atomic E-state index is 12.8. The number of nitrogens with zero attached hydrogens (tertiary/aromatic N) is 2. The van der Waals surface area contributed by atoms with Gasteiger partial charge < -0.3 is 14.9 Å². The van der Waals surface area contributed by atoms with Gasteiger partial charge in [-0.2, -0.15) is 0 Å². The molecule has 2 N–H and O–H groups in total. The number of nitrogens with one attached hydrogen (secondary N) is 1. The van der Waals surface area contributed by atoms with Crippen LogP contribution in [-0.2, 0) is 4.79 Å². The smallest absolute Gasteiger partial charge is 0.328 e. The fourth-order valence-corrected chi connectivity index (χ4v) is 2.56. The minimum Gasteiger partial charge on any atom is -0.480 e. The van der Waals surface area contributed by atoms with E-state index in [1.165, 1.54) is 13.8 Å². The summed E-state index contributed by atoms with van der Waals surface area (Å²) in [7, 11) is 0. The van der Waals surface area contributed by atoms with Gasteiger partial charge in [0.1, 0.15) is 5.54 Å². The molecule has 7 heteroatoms. The third kappa shape index (κ3) is 2.86. The predicted molar refractivity (Wildman–Crippen MR) is 87.0 cm³/mol. The van der Waals surface area contributed by atoms with Crippen LogP contribution >= 0.6 is 0 Å². The molecule has 0 radical (unpaired) electrons. The van der Waals surface area contributed by atoms with Crippen LogP contribution in [0.15, 0.2) is 10.6 Å². The van der Waals surface area contributed by atoms with Crippen LogP contribution in [0.1, 0.15) is 74.1 Å². The molecule has 2 aromatic heterocycles. The van der Waals surface area contributed by atoms with Crippen LogP contribution in [-0.4, -0.2) is 32.7 Å². The number of fused-ring (bicyclic) bond motifs is 1. The number of carboxylic acids is 1. The Labute approximate surface area is 139 Å². The molecule has 0 unspecified atom stereocenters. The van der Waals surface area contributed by atoms with Crippen molar-refractivity contribution in [2.45, 2.75) is 57.9 Å². The molecule has 0 aromatic carbocycles. The molecule has 24 heavy (non-hydrogen) atoms. The average Bonchev–Trinajstić information content (AvgIpc) is 3.24. The monoisotopic (exact) mass is 331 g/mol. The second kappa shape index (κ2) is 5.58. The van der Waals surface area contributed by atoms with E-state index in [0.717, 1.165) is 18.5 Å². The summed E-state index contributed by atoms with van der Waals surface area (Å²) in [5, 5.41) is 16.4. The number of carbonyl (C=O) groups is 2. The summed E-state index contributed by atoms with van der Waals surface area (Å²) in [6.07, 6.45) is 2.07. The van der Waals surface area contributed by atoms with Gasteiger partial charge in [0.2, 0.25) is 0 Å². The lowest BCUT2D eigenvalue weighted by Gasteiger charge is -2.21. The van der Waals surface area contributed by atoms with Crippen molar-refractivity contribution < 1.29 is 19.2 Å². The molecule has 1 fully saturated rings. The Hall–Kier alpha value is -2.44. The van der Waals surface area contributed by atoms with Crippen molar-refractivity contribution >= 4 is 23.0 Å². The lowest BCUT2D eigenvalue weighted by atomic mass is 10.00. The number of hydrogen-bond acceptors (Lipinski definition) is 5. The third-order valence-corrected chi connectivity index (χ3v) is 4.24. The van der Waals surface area contributed by atoms with Crippen LogP contribution in [0.2, 0.25) is 0 Å². The molecule has 1 aliphatic rings. The molecular weight excluding hydrogens is 310 g/mol. The molecule has 0 aliphatic heterocycles. The highest BCUT2D eigenvalue weighted by atomic mass is 16.5. The van der Waals surface area contributed by atoms with E-state index in [-0.39, 0.29) is 5.92 Å². The second-order valence-corrected chi connectivity index (χ2v) is 7.16. The van der Waals surface area contributed by atoms with E-state index >= 15 is 0 Å². The molecule has 0 bridgehead atoms. The van der Waals surface area contributed by atoms with Crippen LogP contribution in [0.3, 0.4) is 0 Å². The summed E-state index contributed by atoms with van der Waals surface area (Å²) in [4.78, 5) is 28.6. The molecular formula is C17H21N3O4. The highest BCUT2D eigenvalue weighted by Gasteiger charge is 2.33. The molecule has 128 valence electrons. The summed E-state index contributed by atoms with van der Waals surface area (Å²) in [5.41, 5.74) is 0.787. The van der Waals surface area contributed by atoms with Gasteiger partial charge in [-0.3, -0.25) is 4.79 Å². The average molecular weight is 331 g/mol. The molecule has 2 heterocycles. The van der Waals surface area contributed by atoms with E-state index in [1.54, 1.807) is 6.07 Å². The SMILES string of the molecule is CC(C)c1noc2nc(C3CC3)cc(C(=O)NC(C)(C)C(=O)O)c12. The van der Waals surface area contributed by atoms with E-state index in [1.807, 2.05) is 13.8 Å². The number of aromatic nitrogens is 2. The van der Waals surface area contributed by atoms with Gasteiger partial charge in [-0.15, -0.1) is 0 Å². The molecule has 1 aliphatic carbocycles. The van der Waals surface area contributed by atoms with Gasteiger partial charge >= 0.3 is 5.97 Å². The van der Waals surface area contributed by atoms with Crippen LogP contribution in [0.5, 0.6) is 0 Å². The van der Waals surface area contributed by atoms with Crippen LogP contribution in [0, 0.1) is 0 Å². The summed E-state index contributed by atoms with van der Waals surface area (Å²) in [5.74, 6) is -1.17. The van der Waals surface area contributed by atoms with Gasteiger partial charge in [0.15, 0.2) is 0 Å². The van der Waals surface area contributed by atoms with E-state index in [4.69, 9.17) is 4.52 Å². The van der Waals surface area contributed by atoms with Crippen LogP contribution in [0.4, 0.5) is 0 Å². The van der Waals surface area contributed by atoms with Crippen molar-refractivity contribution in [3.8, 4) is 0 Å². The van der Waals surface area contributed by atoms with Crippen molar-refractivity contribution in [2.24, 2.45) is 0 Å². The zero-order valence-electron chi connectivity index (χ0n) is 14.2. The van der Waals surface area contributed by atoms with Crippen molar-refractivity contribution in [3.63, 3.8) is 0 Å². The number of aliphatic carboxylic acids is 1. The minimum absolute atomic E-state index is 0.0545. The fraction of sp³-hybridized carbons (Fsp3) is 0.529. The Morgan fingerprint density at radius 1 is 1.38 bits per heavy atom. The van der Waals surface area contributed by atoms with Crippen LogP contribution < -0.4 is 5.32 Å². The first-order chi connectivity index (χ1) is 11.2. The summed E-state index contributed by atoms with van der Waals surface area (Å²) < 4.78 is 5.34. The summed E-state index contributed by atoms with van der Waals surface area (Å²) in [6, 6.07) is 1.75. The predicted octanol–water partition coefficient (Wildman–Crippen LogP) is 2.82. The molecule has 1 amide bonds. The number of carboxylic acid groups (broad SMARTS) is 1. The molecule has 0 spiro atoms. The van der Waals surface area contributed by atoms with Crippen molar-refractivity contribution in [2.75, 3.05) is 0 Å². The number of pyridine rings is 1. The number of carbonyl (C=O) groups excluding carboxylic acids is 1. The largest absolute Gasteiger partial charge is 0.480 e. The molecule has 7 nitrogen and oxygen atoms in total. The van der Waals surface area contributed by atoms with Crippen LogP contribution in [0.25, 0.3) is 11.1 Å². The topological polar surface area (TPSA) is 105 Å². The van der Waals surface area contributed by atoms with E-state index in [9.17, 15) is 14.7 Å². The zero-order chi connectivity index (χ0) is 17.6. The minimum atomic E-state index is -1.37. The van der Waals surface area contributed by atoms with E-state index in [0.29, 0.717) is 28.3 Å². The van der Waals surface area contributed by atoms with E-state index < -0.39 is 17.4 Å². The van der Waals surface area contributed by atoms with Gasteiger partial charge in [0.25, 0.3) is 11.6 Å². The lowest BCUT2D eigenvalue weighted by Crippen LogP contribution is -2.49. The Morgan fingerprint density at radius 3 is 2.58 bits per heavy atom. The second-order valence-electron chi connectivity index (χ2n) is 7.16. The Bertz CT molecular complexity index is 819. The first-order valence-corrected chi connectivity index (χ1v) is 8.07. The zero-order valence-corrected chi connectivity index (χ0v) is 14.2. The van der Waals surface area contributed by atoms with E-state index in [2.05, 4.69) is 15.5 Å². The maximum atomic E-state index is 12.8. The Kier molecular flexibility index (Phi) is 3.81. The standard InChI is InChI=1S/C17H21N3O4/c1-8(2)13-12-10(14(21)19-17(3,4)16(22)23)7-11(9-5-6-9)18-15(12)24-20-13/h7-9H,5-6H2,1-4H3,(H,19,21)(H,22,23). The van der Waals surface area contributed by atoms with Gasteiger partial charge in [0.05, 0.1) is 16.6 Å². The van der Waals surface area contributed by atoms with Crippen molar-refractivity contribution in [1.82, 2.24) is 15.5 Å². The molecule has 0 atom stereocenters. The lowest BCUT2D eigenvalue weighted by molar-refractivity contribution is -0.143. The van der Waals surface area contributed by atoms with Gasteiger partial charge in [0, 0.05) is 11.6 Å². The summed E-state index contributed by atoms with van der Waals surface area (Å²) >= 11 is 0. The summed E-state index contributed by atoms with van der Waals surface area (Å²) in [6.45, 7) is 6.80. The third-order valence-electron chi connectivity index (χ3n) is 4.24. The molecule has 1 saturated carbocycles. The molecule has 2 aromatic rings. The number of rotatable bonds is 5. The van der Waals surface area contributed by atoms with Gasteiger partial charge in [-0.25, -0.2) is 9.78 Å². The number of hydrogen-bond donors (Lipinski definition) is 2. The number of amides is 1. The molecule has 3 rings (SSSR count). The quantitative estimate of drug-likeness (QED) is 0.873. The first kappa shape index (κ1) is 16.4. The Morgan fingerprint density at radius 2 is 2.04 bits per heavy atom. The maximum Gasteiger partial charge on any atom is 0.328 e. The molecule has 0 saturated heterocycles. The van der Waals surface area contributed by atoms with Crippen molar-refractivity contribution in [3.05, 3.63) is 23.0 Å². The highest BCUT2D eigenvalue weighted by Crippen LogP contribution is 2.41. The normalized spacial score (nSPS) is 15.0. The first-order valence-electron chi connectivity index (χ1n) is 8.07.